The summed E-state index contributed by atoms with van der Waals surface area (Å²) in [5.74, 6) is 0. The van der Waals surface area contributed by atoms with E-state index in [0.717, 1.165) is 0 Å². The Kier molecular flexibility index (Phi) is 5.13. The van der Waals surface area contributed by atoms with Gasteiger partial charge in [-0.2, -0.15) is 0 Å². The van der Waals surface area contributed by atoms with Crippen molar-refractivity contribution in [2.75, 3.05) is 4.90 Å². The molecule has 11 aromatic rings. The zero-order chi connectivity index (χ0) is 36.7. The average Bonchev–Trinajstić information content (AvgIpc) is 3.80. The number of para-hydroxylation sites is 1. The van der Waals surface area contributed by atoms with Crippen molar-refractivity contribution in [1.29, 1.82) is 0 Å². The molecule has 0 aliphatic carbocycles. The summed E-state index contributed by atoms with van der Waals surface area (Å²) < 4.78 is 0. The molecule has 11 aromatic carbocycles. The van der Waals surface area contributed by atoms with Crippen molar-refractivity contribution in [2.24, 2.45) is 0 Å². The van der Waals surface area contributed by atoms with Crippen molar-refractivity contribution in [1.82, 2.24) is 0 Å². The van der Waals surface area contributed by atoms with E-state index in [1.807, 2.05) is 0 Å². The van der Waals surface area contributed by atoms with Gasteiger partial charge < -0.3 is 4.90 Å². The Morgan fingerprint density at radius 3 is 1.47 bits per heavy atom. The van der Waals surface area contributed by atoms with Crippen LogP contribution < -0.4 is 37.7 Å². The zero-order valence-corrected chi connectivity index (χ0v) is 30.8. The predicted molar refractivity (Wildman–Crippen MR) is 246 cm³/mol. The van der Waals surface area contributed by atoms with Gasteiger partial charge in [0.1, 0.15) is 0 Å². The molecule has 4 heterocycles. The van der Waals surface area contributed by atoms with Crippen molar-refractivity contribution in [3.63, 3.8) is 0 Å². The van der Waals surface area contributed by atoms with Crippen LogP contribution in [0.25, 0.3) is 86.9 Å². The highest BCUT2D eigenvalue weighted by Gasteiger charge is 2.50. The fourth-order valence-corrected chi connectivity index (χ4v) is 12.2. The maximum absolute atomic E-state index is 2.68. The third kappa shape index (κ3) is 3.33. The lowest BCUT2D eigenvalue weighted by Gasteiger charge is -2.42. The fourth-order valence-electron chi connectivity index (χ4n) is 12.2. The Labute approximate surface area is 329 Å². The summed E-state index contributed by atoms with van der Waals surface area (Å²) in [5, 5.41) is 15.9. The van der Waals surface area contributed by atoms with Crippen LogP contribution in [-0.4, -0.2) is 13.4 Å². The van der Waals surface area contributed by atoms with E-state index in [-0.39, 0.29) is 13.4 Å². The highest BCUT2D eigenvalue weighted by molar-refractivity contribution is 7.05. The Morgan fingerprint density at radius 1 is 0.298 bits per heavy atom. The fraction of sp³-hybridized carbons (Fsp3) is 0. The number of nitrogens with zero attached hydrogens (tertiary/aromatic N) is 1. The van der Waals surface area contributed by atoms with Crippen molar-refractivity contribution < 1.29 is 0 Å². The topological polar surface area (TPSA) is 3.24 Å². The maximum Gasteiger partial charge on any atom is 0.248 e. The van der Waals surface area contributed by atoms with E-state index in [0.29, 0.717) is 0 Å². The van der Waals surface area contributed by atoms with Crippen molar-refractivity contribution in [3.8, 4) is 22.3 Å². The number of fused-ring (bicyclic) bond motifs is 23. The van der Waals surface area contributed by atoms with Crippen LogP contribution in [0.15, 0.2) is 176 Å². The summed E-state index contributed by atoms with van der Waals surface area (Å²) in [5.41, 5.74) is 18.1. The molecule has 0 unspecified atom stereocenters. The number of benzene rings is 11. The largest absolute Gasteiger partial charge is 0.312 e. The second kappa shape index (κ2) is 10.0. The number of hydrogen-bond acceptors (Lipinski definition) is 1. The Balaban J connectivity index is 1.18. The molecular weight excluding hydrogens is 684 g/mol. The molecule has 4 aliphatic heterocycles. The molecule has 0 saturated carbocycles. The van der Waals surface area contributed by atoms with Gasteiger partial charge in [-0.3, -0.25) is 0 Å². The molecule has 0 aromatic heterocycles. The normalized spacial score (nSPS) is 13.9. The van der Waals surface area contributed by atoms with Gasteiger partial charge in [0.15, 0.2) is 0 Å². The molecule has 15 rings (SSSR count). The van der Waals surface area contributed by atoms with Crippen LogP contribution >= 0.6 is 0 Å². The maximum atomic E-state index is 2.68. The second-order valence-corrected chi connectivity index (χ2v) is 16.6. The zero-order valence-electron chi connectivity index (χ0n) is 30.8. The average molecular weight is 713 g/mol. The van der Waals surface area contributed by atoms with Crippen LogP contribution in [-0.2, 0) is 0 Å². The van der Waals surface area contributed by atoms with Crippen molar-refractivity contribution in [3.05, 3.63) is 176 Å². The van der Waals surface area contributed by atoms with Gasteiger partial charge in [0.25, 0.3) is 0 Å². The minimum absolute atomic E-state index is 0.0989. The van der Waals surface area contributed by atoms with Crippen LogP contribution in [0, 0.1) is 0 Å². The highest BCUT2D eigenvalue weighted by Crippen LogP contribution is 2.50. The van der Waals surface area contributed by atoms with Gasteiger partial charge in [-0.15, -0.1) is 0 Å². The smallest absolute Gasteiger partial charge is 0.248 e. The number of anilines is 3. The summed E-state index contributed by atoms with van der Waals surface area (Å²) >= 11 is 0. The molecule has 0 bridgehead atoms. The quantitative estimate of drug-likeness (QED) is 0.112. The standard InChI is InChI=1S/C54H29B2N/c1-4-17-34-30(13-1)31-14-2-5-18-35(31)41-28-47-43(27-40(34)41)51-50-38-21-8-7-16-33(38)32-15-3-6-19-36(32)42(50)29-49-53(51)56(47)46-25-12-24-45-54(46)57(49)48-26-11-22-39-37-20-9-10-23-44(37)55(45)52(39)48/h1-29H. The summed E-state index contributed by atoms with van der Waals surface area (Å²) in [7, 11) is 0. The van der Waals surface area contributed by atoms with E-state index >= 15 is 0 Å². The molecule has 0 N–H and O–H groups in total. The lowest BCUT2D eigenvalue weighted by Crippen LogP contribution is -2.62. The second-order valence-electron chi connectivity index (χ2n) is 16.6. The molecule has 57 heavy (non-hydrogen) atoms. The van der Waals surface area contributed by atoms with Crippen molar-refractivity contribution in [2.45, 2.75) is 0 Å². The first-order chi connectivity index (χ1) is 28.3. The molecule has 3 heteroatoms. The molecule has 0 saturated heterocycles. The Hall–Kier alpha value is -7.09. The van der Waals surface area contributed by atoms with Gasteiger partial charge >= 0.3 is 0 Å². The molecule has 1 nitrogen and oxygen atoms in total. The van der Waals surface area contributed by atoms with E-state index < -0.39 is 0 Å². The number of hydrogen-bond donors (Lipinski definition) is 0. The van der Waals surface area contributed by atoms with E-state index in [1.165, 1.54) is 137 Å². The van der Waals surface area contributed by atoms with Crippen LogP contribution in [0.2, 0.25) is 0 Å². The van der Waals surface area contributed by atoms with Gasteiger partial charge in [-0.25, -0.2) is 0 Å². The van der Waals surface area contributed by atoms with Gasteiger partial charge in [-0.05, 0) is 127 Å². The third-order valence-corrected chi connectivity index (χ3v) is 14.2. The lowest BCUT2D eigenvalue weighted by atomic mass is 9.32. The molecular formula is C54H29B2N. The molecule has 0 fully saturated rings. The first kappa shape index (κ1) is 29.2. The first-order valence-corrected chi connectivity index (χ1v) is 20.3. The minimum atomic E-state index is 0.0989. The van der Waals surface area contributed by atoms with E-state index in [9.17, 15) is 0 Å². The molecule has 0 atom stereocenters. The third-order valence-electron chi connectivity index (χ3n) is 14.2. The molecule has 0 radical (unpaired) electrons. The lowest BCUT2D eigenvalue weighted by molar-refractivity contribution is 1.31. The Bertz CT molecular complexity index is 3730. The minimum Gasteiger partial charge on any atom is -0.312 e. The highest BCUT2D eigenvalue weighted by atomic mass is 15.2. The SMILES string of the molecule is c1ccc2c(c1)B1c3cccc4c3N(c3cccc-2c31)c1cc2c3ccccc3c3ccccc3c2c2c1B4c1cc3c4ccccc4c4ccccc4c3cc1-2. The predicted octanol–water partition coefficient (Wildman–Crippen LogP) is 9.70. The van der Waals surface area contributed by atoms with Crippen LogP contribution in [0.1, 0.15) is 0 Å². The van der Waals surface area contributed by atoms with E-state index in [4.69, 9.17) is 0 Å². The molecule has 0 spiro atoms. The van der Waals surface area contributed by atoms with Gasteiger partial charge in [0, 0.05) is 17.1 Å². The van der Waals surface area contributed by atoms with Gasteiger partial charge in [-0.1, -0.05) is 169 Å². The van der Waals surface area contributed by atoms with Crippen LogP contribution in [0.3, 0.4) is 0 Å². The summed E-state index contributed by atoms with van der Waals surface area (Å²) in [6.45, 7) is 0.305. The molecule has 256 valence electrons. The van der Waals surface area contributed by atoms with Gasteiger partial charge in [0.2, 0.25) is 13.4 Å². The van der Waals surface area contributed by atoms with Crippen molar-refractivity contribution >= 4 is 128 Å². The van der Waals surface area contributed by atoms with E-state index in [2.05, 4.69) is 181 Å². The molecule has 4 aliphatic rings. The van der Waals surface area contributed by atoms with Crippen LogP contribution in [0.5, 0.6) is 0 Å². The monoisotopic (exact) mass is 713 g/mol. The molecule has 0 amide bonds. The first-order valence-electron chi connectivity index (χ1n) is 20.3. The Morgan fingerprint density at radius 2 is 0.789 bits per heavy atom. The van der Waals surface area contributed by atoms with E-state index in [1.54, 1.807) is 0 Å². The summed E-state index contributed by atoms with van der Waals surface area (Å²) in [6.07, 6.45) is 0. The van der Waals surface area contributed by atoms with Gasteiger partial charge in [0.05, 0.1) is 0 Å². The van der Waals surface area contributed by atoms with Crippen LogP contribution in [0.4, 0.5) is 17.1 Å². The number of rotatable bonds is 0. The summed E-state index contributed by atoms with van der Waals surface area (Å²) in [6, 6.07) is 67.4. The summed E-state index contributed by atoms with van der Waals surface area (Å²) in [4.78, 5) is 2.68.